The number of esters is 1. The van der Waals surface area contributed by atoms with Crippen LogP contribution < -0.4 is 5.32 Å². The first-order valence-electron chi connectivity index (χ1n) is 9.72. The molecule has 0 aromatic heterocycles. The minimum absolute atomic E-state index is 0.110. The van der Waals surface area contributed by atoms with Crippen molar-refractivity contribution in [3.63, 3.8) is 0 Å². The largest absolute Gasteiger partial charge is 0.469 e. The summed E-state index contributed by atoms with van der Waals surface area (Å²) < 4.78 is 31.4. The van der Waals surface area contributed by atoms with E-state index < -0.39 is 10.0 Å². The number of guanidine groups is 1. The van der Waals surface area contributed by atoms with E-state index in [2.05, 4.69) is 10.3 Å². The first kappa shape index (κ1) is 23.2. The van der Waals surface area contributed by atoms with E-state index in [1.165, 1.54) is 11.4 Å². The Hall–Kier alpha value is -2.13. The van der Waals surface area contributed by atoms with Gasteiger partial charge in [0, 0.05) is 39.8 Å². The summed E-state index contributed by atoms with van der Waals surface area (Å²) in [6, 6.07) is 6.73. The van der Waals surface area contributed by atoms with Crippen LogP contribution in [0.2, 0.25) is 0 Å². The highest BCUT2D eigenvalue weighted by atomic mass is 32.2. The number of nitrogens with one attached hydrogen (secondary N) is 1. The lowest BCUT2D eigenvalue weighted by Crippen LogP contribution is -2.40. The Morgan fingerprint density at radius 1 is 1.31 bits per heavy atom. The summed E-state index contributed by atoms with van der Waals surface area (Å²) in [5.41, 5.74) is 0.939. The Balaban J connectivity index is 2.01. The molecule has 1 heterocycles. The molecule has 0 saturated carbocycles. The van der Waals surface area contributed by atoms with Gasteiger partial charge in [0.2, 0.25) is 10.0 Å². The van der Waals surface area contributed by atoms with Crippen molar-refractivity contribution in [2.45, 2.75) is 38.3 Å². The minimum atomic E-state index is -3.49. The maximum absolute atomic E-state index is 12.6. The summed E-state index contributed by atoms with van der Waals surface area (Å²) in [4.78, 5) is 18.5. The summed E-state index contributed by atoms with van der Waals surface area (Å²) in [7, 11) is 1.21. The van der Waals surface area contributed by atoms with E-state index in [9.17, 15) is 13.2 Å². The number of benzene rings is 1. The molecule has 0 amide bonds. The molecule has 0 radical (unpaired) electrons. The van der Waals surface area contributed by atoms with Crippen molar-refractivity contribution in [2.24, 2.45) is 16.8 Å². The molecule has 1 fully saturated rings. The smallest absolute Gasteiger partial charge is 0.310 e. The Bertz CT molecular complexity index is 837. The van der Waals surface area contributed by atoms with Crippen LogP contribution in [-0.4, -0.2) is 69.9 Å². The SMILES string of the molecule is CN=C(NCc1ccc(S(=O)(=O)N(C)C(C)C)cc1)N1CC(C)C(C(=O)OC)C1. The number of carbonyl (C=O) groups excluding carboxylic acids is 1. The molecular formula is C20H32N4O4S. The van der Waals surface area contributed by atoms with Crippen LogP contribution in [0, 0.1) is 11.8 Å². The molecule has 8 nitrogen and oxygen atoms in total. The minimum Gasteiger partial charge on any atom is -0.469 e. The molecule has 1 saturated heterocycles. The van der Waals surface area contributed by atoms with E-state index in [0.717, 1.165) is 12.1 Å². The van der Waals surface area contributed by atoms with E-state index in [1.807, 2.05) is 25.7 Å². The molecular weight excluding hydrogens is 392 g/mol. The van der Waals surface area contributed by atoms with Gasteiger partial charge in [0.05, 0.1) is 17.9 Å². The van der Waals surface area contributed by atoms with Crippen LogP contribution in [0.3, 0.4) is 0 Å². The molecule has 0 spiro atoms. The highest BCUT2D eigenvalue weighted by Gasteiger charge is 2.36. The molecule has 0 aliphatic carbocycles. The van der Waals surface area contributed by atoms with Crippen LogP contribution in [0.4, 0.5) is 0 Å². The molecule has 1 aliphatic rings. The van der Waals surface area contributed by atoms with Crippen LogP contribution in [0.25, 0.3) is 0 Å². The van der Waals surface area contributed by atoms with Gasteiger partial charge in [0.1, 0.15) is 0 Å². The van der Waals surface area contributed by atoms with Crippen molar-refractivity contribution in [3.05, 3.63) is 29.8 Å². The standard InChI is InChI=1S/C20H32N4O4S/c1-14(2)23(5)29(26,27)17-9-7-16(8-10-17)11-22-20(21-4)24-12-15(3)18(13-24)19(25)28-6/h7-10,14-15,18H,11-13H2,1-6H3,(H,21,22). The normalized spacial score (nSPS) is 20.4. The number of ether oxygens (including phenoxy) is 1. The molecule has 29 heavy (non-hydrogen) atoms. The highest BCUT2D eigenvalue weighted by Crippen LogP contribution is 2.24. The zero-order valence-corrected chi connectivity index (χ0v) is 18.9. The predicted molar refractivity (Wildman–Crippen MR) is 113 cm³/mol. The fourth-order valence-corrected chi connectivity index (χ4v) is 4.70. The zero-order chi connectivity index (χ0) is 21.8. The molecule has 9 heteroatoms. The second-order valence-corrected chi connectivity index (χ2v) is 9.67. The Kier molecular flexibility index (Phi) is 7.65. The van der Waals surface area contributed by atoms with Crippen molar-refractivity contribution in [1.29, 1.82) is 0 Å². The summed E-state index contributed by atoms with van der Waals surface area (Å²) in [6.45, 7) is 7.49. The van der Waals surface area contributed by atoms with E-state index in [4.69, 9.17) is 4.74 Å². The van der Waals surface area contributed by atoms with E-state index >= 15 is 0 Å². The zero-order valence-electron chi connectivity index (χ0n) is 18.0. The first-order chi connectivity index (χ1) is 13.6. The summed E-state index contributed by atoms with van der Waals surface area (Å²) >= 11 is 0. The molecule has 2 unspecified atom stereocenters. The quantitative estimate of drug-likeness (QED) is 0.423. The van der Waals surface area contributed by atoms with Crippen molar-refractivity contribution >= 4 is 22.0 Å². The maximum Gasteiger partial charge on any atom is 0.310 e. The van der Waals surface area contributed by atoms with Gasteiger partial charge in [-0.3, -0.25) is 9.79 Å². The lowest BCUT2D eigenvalue weighted by Gasteiger charge is -2.22. The Morgan fingerprint density at radius 2 is 1.93 bits per heavy atom. The average Bonchev–Trinajstić information content (AvgIpc) is 3.08. The van der Waals surface area contributed by atoms with Gasteiger partial charge in [-0.1, -0.05) is 19.1 Å². The van der Waals surface area contributed by atoms with Gasteiger partial charge in [-0.05, 0) is 37.5 Å². The number of methoxy groups -OCH3 is 1. The van der Waals surface area contributed by atoms with Gasteiger partial charge in [0.25, 0.3) is 0 Å². The fraction of sp³-hybridized carbons (Fsp3) is 0.600. The average molecular weight is 425 g/mol. The number of nitrogens with zero attached hydrogens (tertiary/aromatic N) is 3. The van der Waals surface area contributed by atoms with Crippen LogP contribution in [0.1, 0.15) is 26.3 Å². The molecule has 1 N–H and O–H groups in total. The summed E-state index contributed by atoms with van der Waals surface area (Å²) in [6.07, 6.45) is 0. The van der Waals surface area contributed by atoms with E-state index in [1.54, 1.807) is 38.4 Å². The third kappa shape index (κ3) is 5.27. The topological polar surface area (TPSA) is 91.3 Å². The van der Waals surface area contributed by atoms with Gasteiger partial charge in [-0.25, -0.2) is 8.42 Å². The third-order valence-corrected chi connectivity index (χ3v) is 7.45. The lowest BCUT2D eigenvalue weighted by atomic mass is 9.99. The van der Waals surface area contributed by atoms with Crippen LogP contribution >= 0.6 is 0 Å². The first-order valence-corrected chi connectivity index (χ1v) is 11.2. The van der Waals surface area contributed by atoms with Gasteiger partial charge < -0.3 is 15.0 Å². The lowest BCUT2D eigenvalue weighted by molar-refractivity contribution is -0.145. The third-order valence-electron chi connectivity index (χ3n) is 5.41. The maximum atomic E-state index is 12.6. The monoisotopic (exact) mass is 424 g/mol. The molecule has 2 atom stereocenters. The number of carbonyl (C=O) groups is 1. The summed E-state index contributed by atoms with van der Waals surface area (Å²) in [5, 5.41) is 3.29. The Morgan fingerprint density at radius 3 is 2.45 bits per heavy atom. The summed E-state index contributed by atoms with van der Waals surface area (Å²) in [5.74, 6) is 0.530. The molecule has 2 rings (SSSR count). The molecule has 1 aliphatic heterocycles. The molecule has 1 aromatic rings. The van der Waals surface area contributed by atoms with Crippen LogP contribution in [0.15, 0.2) is 34.2 Å². The number of hydrogen-bond acceptors (Lipinski definition) is 5. The Labute approximate surface area is 174 Å². The van der Waals surface area contributed by atoms with Gasteiger partial charge in [-0.15, -0.1) is 0 Å². The van der Waals surface area contributed by atoms with Crippen molar-refractivity contribution in [2.75, 3.05) is 34.3 Å². The van der Waals surface area contributed by atoms with Gasteiger partial charge in [-0.2, -0.15) is 4.31 Å². The van der Waals surface area contributed by atoms with Crippen LogP contribution in [0.5, 0.6) is 0 Å². The second-order valence-electron chi connectivity index (χ2n) is 7.67. The number of aliphatic imine (C=N–C) groups is 1. The number of sulfonamides is 1. The van der Waals surface area contributed by atoms with Gasteiger partial charge in [0.15, 0.2) is 5.96 Å². The van der Waals surface area contributed by atoms with Gasteiger partial charge >= 0.3 is 5.97 Å². The number of rotatable bonds is 6. The molecule has 1 aromatic carbocycles. The number of likely N-dealkylation sites (tertiary alicyclic amines) is 1. The molecule has 0 bridgehead atoms. The van der Waals surface area contributed by atoms with Crippen molar-refractivity contribution < 1.29 is 17.9 Å². The highest BCUT2D eigenvalue weighted by molar-refractivity contribution is 7.89. The second kappa shape index (κ2) is 9.58. The fourth-order valence-electron chi connectivity index (χ4n) is 3.33. The van der Waals surface area contributed by atoms with Crippen LogP contribution in [-0.2, 0) is 26.1 Å². The predicted octanol–water partition coefficient (Wildman–Crippen LogP) is 1.53. The van der Waals surface area contributed by atoms with E-state index in [0.29, 0.717) is 19.0 Å². The van der Waals surface area contributed by atoms with Crippen molar-refractivity contribution in [1.82, 2.24) is 14.5 Å². The van der Waals surface area contributed by atoms with Crippen molar-refractivity contribution in [3.8, 4) is 0 Å². The molecule has 162 valence electrons. The number of hydrogen-bond donors (Lipinski definition) is 1. The van der Waals surface area contributed by atoms with E-state index in [-0.39, 0.29) is 28.7 Å².